The van der Waals surface area contributed by atoms with Gasteiger partial charge in [-0.25, -0.2) is 0 Å². The molecule has 3 rings (SSSR count). The van der Waals surface area contributed by atoms with E-state index in [-0.39, 0.29) is 17.7 Å². The molecule has 4 nitrogen and oxygen atoms in total. The fourth-order valence-electron chi connectivity index (χ4n) is 3.47. The number of carbonyl (C=O) groups excluding carboxylic acids is 2. The van der Waals surface area contributed by atoms with Gasteiger partial charge in [0.05, 0.1) is 0 Å². The second-order valence-electron chi connectivity index (χ2n) is 7.30. The minimum atomic E-state index is -0.0699. The van der Waals surface area contributed by atoms with Crippen LogP contribution in [0.15, 0.2) is 48.5 Å². The fraction of sp³-hybridized carbons (Fsp3) is 0.364. The monoisotopic (exact) mass is 384 g/mol. The quantitative estimate of drug-likeness (QED) is 0.810. The van der Waals surface area contributed by atoms with E-state index in [9.17, 15) is 9.59 Å². The highest BCUT2D eigenvalue weighted by molar-refractivity contribution is 6.30. The first-order valence-electron chi connectivity index (χ1n) is 9.40. The van der Waals surface area contributed by atoms with Crippen molar-refractivity contribution in [3.8, 4) is 0 Å². The Kier molecular flexibility index (Phi) is 6.17. The molecule has 27 heavy (non-hydrogen) atoms. The molecule has 1 aliphatic heterocycles. The number of nitrogens with one attached hydrogen (secondary N) is 1. The van der Waals surface area contributed by atoms with Crippen LogP contribution in [0.5, 0.6) is 0 Å². The number of nitrogens with zero attached hydrogens (tertiary/aromatic N) is 1. The number of carbonyl (C=O) groups is 2. The lowest BCUT2D eigenvalue weighted by Gasteiger charge is -2.31. The van der Waals surface area contributed by atoms with Gasteiger partial charge in [0.25, 0.3) is 5.91 Å². The summed E-state index contributed by atoms with van der Waals surface area (Å²) < 4.78 is 0. The predicted octanol–water partition coefficient (Wildman–Crippen LogP) is 4.95. The second-order valence-corrected chi connectivity index (χ2v) is 7.74. The van der Waals surface area contributed by atoms with Gasteiger partial charge in [-0.05, 0) is 54.7 Å². The van der Waals surface area contributed by atoms with E-state index in [1.54, 1.807) is 24.3 Å². The van der Waals surface area contributed by atoms with Gasteiger partial charge in [-0.2, -0.15) is 0 Å². The number of para-hydroxylation sites is 1. The van der Waals surface area contributed by atoms with E-state index in [0.717, 1.165) is 11.3 Å². The van der Waals surface area contributed by atoms with Crippen LogP contribution in [0.2, 0.25) is 5.02 Å². The van der Waals surface area contributed by atoms with Crippen LogP contribution in [-0.2, 0) is 4.79 Å². The van der Waals surface area contributed by atoms with Crippen LogP contribution in [0.1, 0.15) is 48.5 Å². The number of benzene rings is 2. The first-order valence-corrected chi connectivity index (χ1v) is 9.78. The summed E-state index contributed by atoms with van der Waals surface area (Å²) in [4.78, 5) is 27.1. The van der Waals surface area contributed by atoms with Crippen LogP contribution < -0.4 is 5.32 Å². The minimum Gasteiger partial charge on any atom is -0.339 e. The Morgan fingerprint density at radius 1 is 1.04 bits per heavy atom. The lowest BCUT2D eigenvalue weighted by atomic mass is 9.94. The van der Waals surface area contributed by atoms with Crippen molar-refractivity contribution in [3.05, 3.63) is 64.7 Å². The Hall–Kier alpha value is -2.33. The zero-order valence-electron chi connectivity index (χ0n) is 15.7. The van der Waals surface area contributed by atoms with Crippen molar-refractivity contribution >= 4 is 29.1 Å². The van der Waals surface area contributed by atoms with Crippen molar-refractivity contribution in [1.29, 1.82) is 0 Å². The van der Waals surface area contributed by atoms with Gasteiger partial charge in [0.2, 0.25) is 5.91 Å². The molecule has 0 atom stereocenters. The van der Waals surface area contributed by atoms with Crippen molar-refractivity contribution < 1.29 is 9.59 Å². The van der Waals surface area contributed by atoms with E-state index < -0.39 is 0 Å². The molecule has 5 heteroatoms. The molecule has 0 unspecified atom stereocenters. The maximum absolute atomic E-state index is 12.7. The Morgan fingerprint density at radius 2 is 1.67 bits per heavy atom. The standard InChI is InChI=1S/C22H25ClN2O2/c1-15(2)19-5-3-4-6-20(19)24-21(26)16-11-13-25(14-12-16)22(27)17-7-9-18(23)10-8-17/h3-10,15-16H,11-14H2,1-2H3,(H,24,26). The third-order valence-corrected chi connectivity index (χ3v) is 5.34. The van der Waals surface area contributed by atoms with Crippen LogP contribution in [0, 0.1) is 5.92 Å². The average Bonchev–Trinajstić information content (AvgIpc) is 2.68. The lowest BCUT2D eigenvalue weighted by molar-refractivity contribution is -0.121. The molecule has 1 saturated heterocycles. The van der Waals surface area contributed by atoms with E-state index in [4.69, 9.17) is 11.6 Å². The first kappa shape index (κ1) is 19.4. The summed E-state index contributed by atoms with van der Waals surface area (Å²) in [6, 6.07) is 14.9. The van der Waals surface area contributed by atoms with Crippen LogP contribution in [0.3, 0.4) is 0 Å². The summed E-state index contributed by atoms with van der Waals surface area (Å²) in [5.41, 5.74) is 2.66. The molecular formula is C22H25ClN2O2. The molecule has 0 radical (unpaired) electrons. The molecule has 1 fully saturated rings. The van der Waals surface area contributed by atoms with Gasteiger partial charge in [0, 0.05) is 35.3 Å². The molecule has 0 aliphatic carbocycles. The Labute approximate surface area is 165 Å². The SMILES string of the molecule is CC(C)c1ccccc1NC(=O)C1CCN(C(=O)c2ccc(Cl)cc2)CC1. The number of anilines is 1. The van der Waals surface area contributed by atoms with Crippen molar-refractivity contribution in [1.82, 2.24) is 4.90 Å². The molecule has 2 aromatic rings. The van der Waals surface area contributed by atoms with E-state index in [1.165, 1.54) is 0 Å². The predicted molar refractivity (Wildman–Crippen MR) is 109 cm³/mol. The average molecular weight is 385 g/mol. The highest BCUT2D eigenvalue weighted by atomic mass is 35.5. The van der Waals surface area contributed by atoms with Gasteiger partial charge < -0.3 is 10.2 Å². The smallest absolute Gasteiger partial charge is 0.253 e. The van der Waals surface area contributed by atoms with E-state index in [0.29, 0.717) is 42.4 Å². The number of halogens is 1. The molecular weight excluding hydrogens is 360 g/mol. The Balaban J connectivity index is 1.58. The topological polar surface area (TPSA) is 49.4 Å². The van der Waals surface area contributed by atoms with Crippen molar-refractivity contribution in [2.24, 2.45) is 5.92 Å². The Bertz CT molecular complexity index is 809. The molecule has 1 heterocycles. The van der Waals surface area contributed by atoms with Crippen LogP contribution in [0.4, 0.5) is 5.69 Å². The molecule has 142 valence electrons. The van der Waals surface area contributed by atoms with Gasteiger partial charge in [0.15, 0.2) is 0 Å². The maximum atomic E-state index is 12.7. The summed E-state index contributed by atoms with van der Waals surface area (Å²) in [7, 11) is 0. The normalized spacial score (nSPS) is 15.0. The van der Waals surface area contributed by atoms with Gasteiger partial charge in [-0.15, -0.1) is 0 Å². The summed E-state index contributed by atoms with van der Waals surface area (Å²) in [6.45, 7) is 5.41. The molecule has 2 aromatic carbocycles. The van der Waals surface area contributed by atoms with Gasteiger partial charge >= 0.3 is 0 Å². The van der Waals surface area contributed by atoms with Crippen LogP contribution in [0.25, 0.3) is 0 Å². The largest absolute Gasteiger partial charge is 0.339 e. The fourth-order valence-corrected chi connectivity index (χ4v) is 3.59. The molecule has 0 saturated carbocycles. The van der Waals surface area contributed by atoms with Gasteiger partial charge in [-0.3, -0.25) is 9.59 Å². The van der Waals surface area contributed by atoms with E-state index >= 15 is 0 Å². The molecule has 1 N–H and O–H groups in total. The molecule has 0 bridgehead atoms. The van der Waals surface area contributed by atoms with Crippen LogP contribution in [-0.4, -0.2) is 29.8 Å². The number of piperidine rings is 1. The molecule has 0 spiro atoms. The van der Waals surface area contributed by atoms with Crippen molar-refractivity contribution in [3.63, 3.8) is 0 Å². The number of hydrogen-bond acceptors (Lipinski definition) is 2. The highest BCUT2D eigenvalue weighted by Crippen LogP contribution is 2.26. The lowest BCUT2D eigenvalue weighted by Crippen LogP contribution is -2.41. The molecule has 0 aromatic heterocycles. The number of amides is 2. The highest BCUT2D eigenvalue weighted by Gasteiger charge is 2.28. The van der Waals surface area contributed by atoms with Gasteiger partial charge in [-0.1, -0.05) is 43.6 Å². The van der Waals surface area contributed by atoms with Crippen molar-refractivity contribution in [2.45, 2.75) is 32.6 Å². The summed E-state index contributed by atoms with van der Waals surface area (Å²) in [5, 5.41) is 3.70. The van der Waals surface area contributed by atoms with Crippen molar-refractivity contribution in [2.75, 3.05) is 18.4 Å². The minimum absolute atomic E-state index is 0.00400. The zero-order chi connectivity index (χ0) is 19.4. The number of hydrogen-bond donors (Lipinski definition) is 1. The first-order chi connectivity index (χ1) is 13.0. The second kappa shape index (κ2) is 8.57. The maximum Gasteiger partial charge on any atom is 0.253 e. The van der Waals surface area contributed by atoms with Gasteiger partial charge in [0.1, 0.15) is 0 Å². The third-order valence-electron chi connectivity index (χ3n) is 5.08. The van der Waals surface area contributed by atoms with E-state index in [2.05, 4.69) is 19.2 Å². The van der Waals surface area contributed by atoms with E-state index in [1.807, 2.05) is 29.2 Å². The summed E-state index contributed by atoms with van der Waals surface area (Å²) >= 11 is 5.88. The zero-order valence-corrected chi connectivity index (χ0v) is 16.5. The number of rotatable bonds is 4. The third kappa shape index (κ3) is 4.69. The molecule has 2 amide bonds. The van der Waals surface area contributed by atoms with Crippen LogP contribution >= 0.6 is 11.6 Å². The summed E-state index contributed by atoms with van der Waals surface area (Å²) in [5.74, 6) is 0.317. The number of likely N-dealkylation sites (tertiary alicyclic amines) is 1. The summed E-state index contributed by atoms with van der Waals surface area (Å²) in [6.07, 6.45) is 1.35. The molecule has 1 aliphatic rings. The Morgan fingerprint density at radius 3 is 2.30 bits per heavy atom.